The summed E-state index contributed by atoms with van der Waals surface area (Å²) in [4.78, 5) is 73.1. The van der Waals surface area contributed by atoms with Gasteiger partial charge < -0.3 is 35.1 Å². The molecule has 3 heterocycles. The number of nitrogens with one attached hydrogen (secondary N) is 3. The Labute approximate surface area is 256 Å². The first-order valence-corrected chi connectivity index (χ1v) is 14.8. The maximum absolute atomic E-state index is 13.6. The van der Waals surface area contributed by atoms with Crippen LogP contribution in [0.25, 0.3) is 10.9 Å². The van der Waals surface area contributed by atoms with Gasteiger partial charge >= 0.3 is 0 Å². The molecule has 12 nitrogen and oxygen atoms in total. The molecule has 0 saturated carbocycles. The van der Waals surface area contributed by atoms with Crippen LogP contribution in [0.1, 0.15) is 22.3 Å². The van der Waals surface area contributed by atoms with Crippen molar-refractivity contribution in [2.45, 2.75) is 37.3 Å². The molecule has 0 unspecified atom stereocenters. The van der Waals surface area contributed by atoms with Crippen LogP contribution in [0, 0.1) is 0 Å². The molecule has 2 aliphatic heterocycles. The molecule has 1 aromatic heterocycles. The van der Waals surface area contributed by atoms with Gasteiger partial charge in [-0.3, -0.25) is 24.0 Å². The summed E-state index contributed by atoms with van der Waals surface area (Å²) in [6.45, 7) is 0.0752. The molecule has 5 amide bonds. The third-order valence-corrected chi connectivity index (χ3v) is 8.16. The highest BCUT2D eigenvalue weighted by Crippen LogP contribution is 2.23. The van der Waals surface area contributed by atoms with E-state index in [9.17, 15) is 24.0 Å². The van der Waals surface area contributed by atoms with Gasteiger partial charge in [-0.25, -0.2) is 0 Å². The van der Waals surface area contributed by atoms with Crippen molar-refractivity contribution in [1.82, 2.24) is 30.3 Å². The molecule has 13 heteroatoms. The smallest absolute Gasteiger partial charge is 0.253 e. The Hall–Kier alpha value is -4.81. The number of likely N-dealkylation sites (N-methyl/N-ethyl adjacent to an activating group) is 2. The molecule has 1 saturated heterocycles. The number of H-pyrrole nitrogens is 1. The van der Waals surface area contributed by atoms with E-state index in [4.69, 9.17) is 4.74 Å². The quantitative estimate of drug-likeness (QED) is 0.351. The minimum absolute atomic E-state index is 0.0795. The summed E-state index contributed by atoms with van der Waals surface area (Å²) in [5, 5.41) is 6.75. The molecule has 0 spiro atoms. The number of amides is 5. The highest BCUT2D eigenvalue weighted by Gasteiger charge is 2.38. The van der Waals surface area contributed by atoms with Crippen LogP contribution in [-0.2, 0) is 25.6 Å². The lowest BCUT2D eigenvalue weighted by molar-refractivity contribution is -0.142. The van der Waals surface area contributed by atoms with Gasteiger partial charge in [0.2, 0.25) is 23.6 Å². The minimum atomic E-state index is -1.04. The van der Waals surface area contributed by atoms with E-state index in [1.807, 2.05) is 30.5 Å². The fraction of sp³-hybridized carbons (Fsp3) is 0.387. The topological polar surface area (TPSA) is 144 Å². The zero-order valence-corrected chi connectivity index (χ0v) is 25.2. The summed E-state index contributed by atoms with van der Waals surface area (Å²) in [6, 6.07) is 12.8. The lowest BCUT2D eigenvalue weighted by Crippen LogP contribution is -2.55. The number of nitrogens with zero attached hydrogens (tertiary/aromatic N) is 3. The zero-order chi connectivity index (χ0) is 31.4. The summed E-state index contributed by atoms with van der Waals surface area (Å²) in [5.41, 5.74) is 2.20. The van der Waals surface area contributed by atoms with Crippen LogP contribution in [-0.4, -0.2) is 116 Å². The van der Waals surface area contributed by atoms with Crippen molar-refractivity contribution in [2.75, 3.05) is 40.3 Å². The Kier molecular flexibility index (Phi) is 9.22. The molecule has 3 aromatic rings. The molecule has 2 aromatic carbocycles. The fourth-order valence-electron chi connectivity index (χ4n) is 5.82. The molecule has 2 bridgehead atoms. The van der Waals surface area contributed by atoms with Gasteiger partial charge in [-0.05, 0) is 42.6 Å². The van der Waals surface area contributed by atoms with Crippen molar-refractivity contribution in [3.8, 4) is 5.75 Å². The first kappa shape index (κ1) is 30.6. The number of para-hydroxylation sites is 1. The first-order valence-electron chi connectivity index (χ1n) is 14.8. The molecule has 0 aliphatic carbocycles. The van der Waals surface area contributed by atoms with E-state index >= 15 is 0 Å². The number of carbonyl (C=O) groups is 5. The predicted molar refractivity (Wildman–Crippen MR) is 166 cm³/mol. The van der Waals surface area contributed by atoms with Gasteiger partial charge in [-0.15, -0.1) is 0 Å². The number of hydrogen-bond donors (Lipinski definition) is 3. The molecule has 3 N–H and O–H groups in total. The van der Waals surface area contributed by atoms with Gasteiger partial charge in [0.05, 0.1) is 19.0 Å². The Morgan fingerprint density at radius 1 is 1.00 bits per heavy atom. The summed E-state index contributed by atoms with van der Waals surface area (Å²) < 4.78 is 6.07. The molecule has 44 heavy (non-hydrogen) atoms. The average Bonchev–Trinajstić information content (AvgIpc) is 3.62. The molecule has 1 fully saturated rings. The summed E-state index contributed by atoms with van der Waals surface area (Å²) >= 11 is 0. The predicted octanol–water partition coefficient (Wildman–Crippen LogP) is -0.0447. The number of rotatable bonds is 5. The highest BCUT2D eigenvalue weighted by atomic mass is 16.5. The minimum Gasteiger partial charge on any atom is -0.491 e. The van der Waals surface area contributed by atoms with E-state index in [1.54, 1.807) is 44.1 Å². The molecule has 0 radical (unpaired) electrons. The van der Waals surface area contributed by atoms with E-state index in [1.165, 1.54) is 16.8 Å². The van der Waals surface area contributed by atoms with Crippen molar-refractivity contribution in [1.29, 1.82) is 0 Å². The lowest BCUT2D eigenvalue weighted by atomic mass is 10.0. The van der Waals surface area contributed by atoms with Crippen molar-refractivity contribution in [2.24, 2.45) is 0 Å². The maximum Gasteiger partial charge on any atom is 0.253 e. The Morgan fingerprint density at radius 2 is 1.80 bits per heavy atom. The van der Waals surface area contributed by atoms with Gasteiger partial charge in [-0.2, -0.15) is 0 Å². The molecule has 2 aliphatic rings. The number of ether oxygens (including phenoxy) is 1. The second-order valence-corrected chi connectivity index (χ2v) is 11.4. The largest absolute Gasteiger partial charge is 0.491 e. The van der Waals surface area contributed by atoms with Gasteiger partial charge in [0, 0.05) is 55.9 Å². The van der Waals surface area contributed by atoms with Crippen LogP contribution in [0.15, 0.2) is 54.7 Å². The van der Waals surface area contributed by atoms with Crippen molar-refractivity contribution < 1.29 is 28.7 Å². The van der Waals surface area contributed by atoms with E-state index in [0.29, 0.717) is 17.7 Å². The molecular formula is C31H37BN6O6. The Morgan fingerprint density at radius 3 is 2.59 bits per heavy atom. The average molecular weight is 600 g/mol. The standard InChI is InChI=1S/C31H37BN6O6/c1-36-16-26(35-28(40)13-32)31(43)37(2)17-29(41)38-15-21(12-22(38)18-44-23-7-5-6-19(10-23)30(36)42)34-27(39)11-20-14-33-25-9-4-3-8-24(20)25/h3-10,14,21-22,26,33H,11-13,15-18,32H2,1-2H3,(H,34,39)(H,35,40)/t21-,22-,26-/m0/s1. The van der Waals surface area contributed by atoms with Gasteiger partial charge in [0.25, 0.3) is 5.91 Å². The molecular weight excluding hydrogens is 563 g/mol. The second-order valence-electron chi connectivity index (χ2n) is 11.4. The van der Waals surface area contributed by atoms with Crippen molar-refractivity contribution >= 4 is 48.3 Å². The van der Waals surface area contributed by atoms with Gasteiger partial charge in [0.1, 0.15) is 26.2 Å². The number of aromatic amines is 1. The van der Waals surface area contributed by atoms with E-state index in [2.05, 4.69) is 15.6 Å². The van der Waals surface area contributed by atoms with Crippen LogP contribution < -0.4 is 15.4 Å². The monoisotopic (exact) mass is 600 g/mol. The van der Waals surface area contributed by atoms with Gasteiger partial charge in [-0.1, -0.05) is 24.3 Å². The number of fused-ring (bicyclic) bond motifs is 4. The second kappa shape index (κ2) is 13.2. The molecule has 3 atom stereocenters. The Bertz CT molecular complexity index is 1580. The number of hydrogen-bond acceptors (Lipinski definition) is 6. The number of aromatic nitrogens is 1. The third kappa shape index (κ3) is 6.87. The summed E-state index contributed by atoms with van der Waals surface area (Å²) in [6.07, 6.45) is 2.64. The maximum atomic E-state index is 13.6. The first-order chi connectivity index (χ1) is 21.1. The van der Waals surface area contributed by atoms with Crippen molar-refractivity contribution in [3.05, 3.63) is 65.9 Å². The van der Waals surface area contributed by atoms with Crippen LogP contribution in [0.3, 0.4) is 0 Å². The van der Waals surface area contributed by atoms with Crippen molar-refractivity contribution in [3.63, 3.8) is 0 Å². The normalized spacial score (nSPS) is 21.4. The highest BCUT2D eigenvalue weighted by molar-refractivity contribution is 6.20. The van der Waals surface area contributed by atoms with Gasteiger partial charge in [0.15, 0.2) is 0 Å². The van der Waals surface area contributed by atoms with Crippen LogP contribution >= 0.6 is 0 Å². The lowest BCUT2D eigenvalue weighted by Gasteiger charge is -2.30. The summed E-state index contributed by atoms with van der Waals surface area (Å²) in [5.74, 6) is -1.18. The Balaban J connectivity index is 1.35. The van der Waals surface area contributed by atoms with Crippen LogP contribution in [0.2, 0.25) is 6.32 Å². The van der Waals surface area contributed by atoms with E-state index in [-0.39, 0.29) is 74.7 Å². The number of carbonyl (C=O) groups excluding carboxylic acids is 5. The number of benzene rings is 2. The summed E-state index contributed by atoms with van der Waals surface area (Å²) in [7, 11) is 4.72. The molecule has 5 rings (SSSR count). The fourth-order valence-corrected chi connectivity index (χ4v) is 5.82. The zero-order valence-electron chi connectivity index (χ0n) is 25.2. The SMILES string of the molecule is BCC(=O)N[C@H]1CN(C)C(=O)c2cccc(c2)OC[C@@H]2C[C@H](NC(=O)Cc3c[nH]c4ccccc34)CN2C(=O)CN(C)C1=O. The van der Waals surface area contributed by atoms with Crippen LogP contribution in [0.5, 0.6) is 5.75 Å². The van der Waals surface area contributed by atoms with E-state index < -0.39 is 11.9 Å². The van der Waals surface area contributed by atoms with Crippen LogP contribution in [0.4, 0.5) is 0 Å². The third-order valence-electron chi connectivity index (χ3n) is 8.16. The van der Waals surface area contributed by atoms with E-state index in [0.717, 1.165) is 16.5 Å². The molecule has 230 valence electrons.